The van der Waals surface area contributed by atoms with Crippen LogP contribution in [0.2, 0.25) is 0 Å². The fourth-order valence-corrected chi connectivity index (χ4v) is 15.5. The summed E-state index contributed by atoms with van der Waals surface area (Å²) in [6.45, 7) is 21.2. The van der Waals surface area contributed by atoms with Crippen LogP contribution in [-0.4, -0.2) is 164 Å². The van der Waals surface area contributed by atoms with Crippen molar-refractivity contribution in [3.8, 4) is 0 Å². The number of carboxylic acid groups (broad SMARTS) is 1. The fraction of sp³-hybridized carbons (Fsp3) is 0.818. The van der Waals surface area contributed by atoms with Gasteiger partial charge < -0.3 is 74.0 Å². The van der Waals surface area contributed by atoms with Crippen molar-refractivity contribution >= 4 is 23.9 Å². The number of fused-ring (bicyclic) bond motifs is 7. The fourth-order valence-electron chi connectivity index (χ4n) is 15.5. The third kappa shape index (κ3) is 9.22. The molecule has 19 nitrogen and oxygen atoms in total. The van der Waals surface area contributed by atoms with Gasteiger partial charge in [0.2, 0.25) is 0 Å². The lowest BCUT2D eigenvalue weighted by molar-refractivity contribution is -0.346. The first-order valence-corrected chi connectivity index (χ1v) is 26.6. The van der Waals surface area contributed by atoms with Crippen molar-refractivity contribution in [2.45, 2.75) is 220 Å². The second-order valence-electron chi connectivity index (χ2n) is 24.3. The number of carbonyl (C=O) groups excluding carboxylic acids is 3. The molecule has 4 saturated carbocycles. The van der Waals surface area contributed by atoms with E-state index in [1.165, 1.54) is 32.9 Å². The Bertz CT molecular complexity index is 2220. The van der Waals surface area contributed by atoms with Gasteiger partial charge in [0.05, 0.1) is 30.8 Å². The lowest BCUT2D eigenvalue weighted by Crippen LogP contribution is -2.73. The van der Waals surface area contributed by atoms with E-state index in [-0.39, 0.29) is 34.8 Å². The summed E-state index contributed by atoms with van der Waals surface area (Å²) in [5.41, 5.74) is -2.83. The number of carboxylic acids is 1. The molecule has 2 saturated heterocycles. The molecular formula is C55H84O19. The lowest BCUT2D eigenvalue weighted by Gasteiger charge is -2.73. The van der Waals surface area contributed by atoms with Gasteiger partial charge in [0.1, 0.15) is 42.7 Å². The molecule has 74 heavy (non-hydrogen) atoms. The van der Waals surface area contributed by atoms with E-state index < -0.39 is 156 Å². The molecule has 22 atom stereocenters. The van der Waals surface area contributed by atoms with Gasteiger partial charge in [0.15, 0.2) is 30.9 Å². The van der Waals surface area contributed by atoms with E-state index in [2.05, 4.69) is 40.7 Å². The van der Waals surface area contributed by atoms with Gasteiger partial charge in [-0.3, -0.25) is 4.79 Å². The van der Waals surface area contributed by atoms with Crippen LogP contribution in [0.1, 0.15) is 134 Å². The summed E-state index contributed by atoms with van der Waals surface area (Å²) in [4.78, 5) is 52.2. The van der Waals surface area contributed by atoms with Crippen molar-refractivity contribution in [1.29, 1.82) is 0 Å². The summed E-state index contributed by atoms with van der Waals surface area (Å²) in [7, 11) is 0. The first kappa shape index (κ1) is 58.3. The minimum absolute atomic E-state index is 0.0373. The zero-order chi connectivity index (χ0) is 55.0. The number of hydrogen-bond acceptors (Lipinski definition) is 18. The molecule has 0 aromatic carbocycles. The van der Waals surface area contributed by atoms with Crippen LogP contribution in [0.15, 0.2) is 34.9 Å². The minimum atomic E-state index is -1.86. The number of aliphatic hydroxyl groups excluding tert-OH is 7. The Morgan fingerprint density at radius 3 is 1.91 bits per heavy atom. The van der Waals surface area contributed by atoms with Crippen LogP contribution in [0.25, 0.3) is 0 Å². The molecule has 0 aromatic heterocycles. The number of allylic oxidation sites excluding steroid dienone is 4. The summed E-state index contributed by atoms with van der Waals surface area (Å²) >= 11 is 0. The molecule has 8 N–H and O–H groups in total. The van der Waals surface area contributed by atoms with Crippen LogP contribution in [0.3, 0.4) is 0 Å². The maximum absolute atomic E-state index is 13.4. The molecule has 22 unspecified atom stereocenters. The number of rotatable bonds is 13. The molecule has 0 amide bonds. The summed E-state index contributed by atoms with van der Waals surface area (Å²) < 4.78 is 42.8. The molecule has 19 heteroatoms. The summed E-state index contributed by atoms with van der Waals surface area (Å²) in [5, 5.41) is 89.1. The molecule has 6 fully saturated rings. The molecule has 0 bridgehead atoms. The Kier molecular flexibility index (Phi) is 16.7. The van der Waals surface area contributed by atoms with Crippen LogP contribution in [0.4, 0.5) is 0 Å². The Labute approximate surface area is 434 Å². The monoisotopic (exact) mass is 1050 g/mol. The van der Waals surface area contributed by atoms with Crippen molar-refractivity contribution in [3.05, 3.63) is 34.9 Å². The quantitative estimate of drug-likeness (QED) is 0.0428. The van der Waals surface area contributed by atoms with E-state index in [4.69, 9.17) is 33.2 Å². The first-order chi connectivity index (χ1) is 34.5. The van der Waals surface area contributed by atoms with Gasteiger partial charge in [-0.05, 0) is 124 Å². The average Bonchev–Trinajstić information content (AvgIpc) is 3.34. The number of hydrogen-bond donors (Lipinski definition) is 8. The number of aliphatic carboxylic acids is 1. The topological polar surface area (TPSA) is 295 Å². The molecular weight excluding hydrogens is 965 g/mol. The van der Waals surface area contributed by atoms with Crippen LogP contribution in [0, 0.1) is 50.2 Å². The van der Waals surface area contributed by atoms with Crippen molar-refractivity contribution in [3.63, 3.8) is 0 Å². The van der Waals surface area contributed by atoms with Gasteiger partial charge in [-0.2, -0.15) is 0 Å². The molecule has 2 aliphatic heterocycles. The normalized spacial score (nSPS) is 47.1. The van der Waals surface area contributed by atoms with Gasteiger partial charge in [-0.1, -0.05) is 72.3 Å². The van der Waals surface area contributed by atoms with Crippen LogP contribution in [-0.2, 0) is 52.3 Å². The molecule has 7 rings (SSSR count). The summed E-state index contributed by atoms with van der Waals surface area (Å²) in [6.07, 6.45) is -10.9. The highest BCUT2D eigenvalue weighted by Gasteiger charge is 2.74. The summed E-state index contributed by atoms with van der Waals surface area (Å²) in [5.74, 6) is -4.26. The van der Waals surface area contributed by atoms with Crippen LogP contribution < -0.4 is 0 Å². The number of ether oxygens (including phenoxy) is 7. The minimum Gasteiger partial charge on any atom is -0.479 e. The Morgan fingerprint density at radius 1 is 0.730 bits per heavy atom. The van der Waals surface area contributed by atoms with Crippen molar-refractivity contribution in [2.24, 2.45) is 50.2 Å². The van der Waals surface area contributed by atoms with Gasteiger partial charge in [-0.25, -0.2) is 14.4 Å². The molecule has 7 aliphatic rings. The van der Waals surface area contributed by atoms with Crippen LogP contribution >= 0.6 is 0 Å². The second-order valence-corrected chi connectivity index (χ2v) is 24.3. The molecule has 0 spiro atoms. The maximum atomic E-state index is 13.4. The number of esters is 3. The van der Waals surface area contributed by atoms with E-state index in [1.807, 2.05) is 13.8 Å². The van der Waals surface area contributed by atoms with E-state index >= 15 is 0 Å². The van der Waals surface area contributed by atoms with E-state index in [1.54, 1.807) is 13.8 Å². The molecule has 0 radical (unpaired) electrons. The highest BCUT2D eigenvalue weighted by Crippen LogP contribution is 2.76. The third-order valence-corrected chi connectivity index (χ3v) is 20.3. The SMILES string of the molecule is CC=C(C)C(=O)OC1C(OC2CCC3(C)C(CCC4(C)C3CC=C3C5CC(C)(C)C(OC6OC(CO)C(O)C(O)C6O)C(OC(C)=O)C5(CO)C(O)CC34C)C2(C)CC)OC(C(=O)O)C(OC(=O)C(C)=CC)C1O. The van der Waals surface area contributed by atoms with E-state index in [0.717, 1.165) is 18.4 Å². The van der Waals surface area contributed by atoms with Gasteiger partial charge in [0, 0.05) is 18.1 Å². The molecule has 418 valence electrons. The molecule has 5 aliphatic carbocycles. The first-order valence-electron chi connectivity index (χ1n) is 26.6. The van der Waals surface area contributed by atoms with Crippen LogP contribution in [0.5, 0.6) is 0 Å². The second kappa shape index (κ2) is 21.1. The number of aliphatic hydroxyl groups is 7. The third-order valence-electron chi connectivity index (χ3n) is 20.3. The maximum Gasteiger partial charge on any atom is 0.336 e. The van der Waals surface area contributed by atoms with Gasteiger partial charge in [-0.15, -0.1) is 0 Å². The average molecular weight is 1050 g/mol. The predicted molar refractivity (Wildman–Crippen MR) is 263 cm³/mol. The number of carbonyl (C=O) groups is 4. The van der Waals surface area contributed by atoms with E-state index in [9.17, 15) is 60.0 Å². The highest BCUT2D eigenvalue weighted by molar-refractivity contribution is 5.89. The van der Waals surface area contributed by atoms with Crippen molar-refractivity contribution < 1.29 is 93.2 Å². The highest BCUT2D eigenvalue weighted by atomic mass is 16.7. The molecule has 2 heterocycles. The smallest absolute Gasteiger partial charge is 0.336 e. The summed E-state index contributed by atoms with van der Waals surface area (Å²) in [6, 6.07) is 0. The zero-order valence-corrected chi connectivity index (χ0v) is 45.2. The van der Waals surface area contributed by atoms with Crippen molar-refractivity contribution in [1.82, 2.24) is 0 Å². The van der Waals surface area contributed by atoms with E-state index in [0.29, 0.717) is 32.1 Å². The lowest BCUT2D eigenvalue weighted by atomic mass is 9.33. The Hall–Kier alpha value is -3.34. The van der Waals surface area contributed by atoms with Gasteiger partial charge >= 0.3 is 23.9 Å². The zero-order valence-electron chi connectivity index (χ0n) is 45.2. The standard InChI is InChI=1S/C55H84O19/c1-13-26(4)46(66)71-40-39(63)41(72-47(67)27(5)14-2)49(73-42(40)45(64)65)70-35-19-20-52(10)32(51(35,9)15-3)18-21-53(11)33(52)17-16-29-30-22-50(7,8)43(74-48-38(62)37(61)36(60)31(24-56)69-48)44(68-28(6)58)55(30,25-57)34(59)23-54(29,53)12/h13-14,16,30-44,48-49,56-57,59-63H,15,17-25H2,1-12H3,(H,64,65). The predicted octanol–water partition coefficient (Wildman–Crippen LogP) is 3.79. The Balaban J connectivity index is 1.21. The van der Waals surface area contributed by atoms with Gasteiger partial charge in [0.25, 0.3) is 0 Å². The largest absolute Gasteiger partial charge is 0.479 e. The Morgan fingerprint density at radius 2 is 1.35 bits per heavy atom. The van der Waals surface area contributed by atoms with Crippen molar-refractivity contribution in [2.75, 3.05) is 13.2 Å². The molecule has 0 aromatic rings.